The Morgan fingerprint density at radius 1 is 1.39 bits per heavy atom. The highest BCUT2D eigenvalue weighted by atomic mass is 35.5. The first-order valence-corrected chi connectivity index (χ1v) is 6.59. The van der Waals surface area contributed by atoms with Crippen molar-refractivity contribution in [2.24, 2.45) is 5.92 Å². The molecule has 0 radical (unpaired) electrons. The molecule has 0 aliphatic carbocycles. The van der Waals surface area contributed by atoms with Crippen LogP contribution in [0.3, 0.4) is 0 Å². The lowest BCUT2D eigenvalue weighted by molar-refractivity contribution is 0.156. The first kappa shape index (κ1) is 15.3. The molecule has 0 spiro atoms. The second kappa shape index (κ2) is 8.35. The van der Waals surface area contributed by atoms with Crippen molar-refractivity contribution in [3.05, 3.63) is 29.3 Å². The van der Waals surface area contributed by atoms with Crippen molar-refractivity contribution in [2.45, 2.75) is 19.4 Å². The van der Waals surface area contributed by atoms with Crippen LogP contribution in [-0.4, -0.2) is 33.4 Å². The largest absolute Gasteiger partial charge is 0.492 e. The average Bonchev–Trinajstić information content (AvgIpc) is 2.37. The van der Waals surface area contributed by atoms with E-state index in [1.165, 1.54) is 0 Å². The lowest BCUT2D eigenvalue weighted by Gasteiger charge is -2.23. The number of nitrogens with one attached hydrogen (secondary N) is 1. The Morgan fingerprint density at radius 3 is 2.78 bits per heavy atom. The minimum Gasteiger partial charge on any atom is -0.492 e. The van der Waals surface area contributed by atoms with E-state index in [0.29, 0.717) is 23.6 Å². The fraction of sp³-hybridized carbons (Fsp3) is 0.571. The fourth-order valence-electron chi connectivity index (χ4n) is 1.78. The number of benzene rings is 1. The maximum absolute atomic E-state index is 5.91. The van der Waals surface area contributed by atoms with Crippen LogP contribution >= 0.6 is 11.6 Å². The van der Waals surface area contributed by atoms with Crippen molar-refractivity contribution in [3.63, 3.8) is 0 Å². The van der Waals surface area contributed by atoms with E-state index in [4.69, 9.17) is 21.1 Å². The van der Waals surface area contributed by atoms with Gasteiger partial charge in [-0.05, 0) is 37.6 Å². The van der Waals surface area contributed by atoms with Crippen LogP contribution in [0.5, 0.6) is 5.75 Å². The van der Waals surface area contributed by atoms with Crippen molar-refractivity contribution in [2.75, 3.05) is 27.4 Å². The van der Waals surface area contributed by atoms with E-state index in [0.717, 1.165) is 18.8 Å². The summed E-state index contributed by atoms with van der Waals surface area (Å²) in [6, 6.07) is 7.78. The summed E-state index contributed by atoms with van der Waals surface area (Å²) in [7, 11) is 3.68. The topological polar surface area (TPSA) is 30.5 Å². The monoisotopic (exact) mass is 271 g/mol. The maximum atomic E-state index is 5.91. The molecule has 0 bridgehead atoms. The zero-order chi connectivity index (χ0) is 13.4. The molecule has 0 aliphatic rings. The van der Waals surface area contributed by atoms with Crippen LogP contribution in [0.2, 0.25) is 5.02 Å². The normalized spacial score (nSPS) is 14.2. The smallest absolute Gasteiger partial charge is 0.120 e. The van der Waals surface area contributed by atoms with Gasteiger partial charge in [0.15, 0.2) is 0 Å². The molecular formula is C14H22ClNO2. The average molecular weight is 272 g/mol. The van der Waals surface area contributed by atoms with Gasteiger partial charge in [0.2, 0.25) is 0 Å². The second-order valence-corrected chi connectivity index (χ2v) is 4.86. The zero-order valence-electron chi connectivity index (χ0n) is 11.3. The van der Waals surface area contributed by atoms with Gasteiger partial charge in [-0.3, -0.25) is 0 Å². The van der Waals surface area contributed by atoms with Crippen molar-refractivity contribution in [1.29, 1.82) is 0 Å². The molecular weight excluding hydrogens is 250 g/mol. The van der Waals surface area contributed by atoms with E-state index in [1.54, 1.807) is 7.11 Å². The molecule has 0 aliphatic heterocycles. The van der Waals surface area contributed by atoms with Gasteiger partial charge in [0.05, 0.1) is 0 Å². The molecule has 0 fully saturated rings. The fourth-order valence-corrected chi connectivity index (χ4v) is 1.96. The lowest BCUT2D eigenvalue weighted by Crippen LogP contribution is -2.38. The van der Waals surface area contributed by atoms with Crippen LogP contribution in [0.25, 0.3) is 0 Å². The number of methoxy groups -OCH3 is 1. The van der Waals surface area contributed by atoms with Crippen LogP contribution in [0, 0.1) is 5.92 Å². The third kappa shape index (κ3) is 5.25. The van der Waals surface area contributed by atoms with Gasteiger partial charge >= 0.3 is 0 Å². The number of ether oxygens (including phenoxy) is 2. The highest BCUT2D eigenvalue weighted by Gasteiger charge is 2.15. The highest BCUT2D eigenvalue weighted by molar-refractivity contribution is 6.30. The summed E-state index contributed by atoms with van der Waals surface area (Å²) in [4.78, 5) is 0. The number of halogens is 1. The van der Waals surface area contributed by atoms with E-state index in [-0.39, 0.29) is 0 Å². The van der Waals surface area contributed by atoms with Crippen LogP contribution < -0.4 is 10.1 Å². The van der Waals surface area contributed by atoms with Crippen molar-refractivity contribution < 1.29 is 9.47 Å². The Labute approximate surface area is 114 Å². The molecule has 1 rings (SSSR count). The summed E-state index contributed by atoms with van der Waals surface area (Å²) in [5, 5.41) is 3.98. The van der Waals surface area contributed by atoms with E-state index in [2.05, 4.69) is 12.2 Å². The van der Waals surface area contributed by atoms with Gasteiger partial charge in [-0.2, -0.15) is 0 Å². The molecule has 4 heteroatoms. The van der Waals surface area contributed by atoms with Crippen LogP contribution in [-0.2, 0) is 4.74 Å². The van der Waals surface area contributed by atoms with E-state index >= 15 is 0 Å². The van der Waals surface area contributed by atoms with Crippen molar-refractivity contribution in [3.8, 4) is 5.75 Å². The third-order valence-electron chi connectivity index (χ3n) is 3.06. The number of likely N-dealkylation sites (N-methyl/N-ethyl adjacent to an activating group) is 1. The van der Waals surface area contributed by atoms with E-state index < -0.39 is 0 Å². The molecule has 2 atom stereocenters. The predicted molar refractivity (Wildman–Crippen MR) is 75.5 cm³/mol. The summed E-state index contributed by atoms with van der Waals surface area (Å²) in [5.74, 6) is 1.30. The number of hydrogen-bond donors (Lipinski definition) is 1. The molecule has 1 N–H and O–H groups in total. The maximum Gasteiger partial charge on any atom is 0.120 e. The highest BCUT2D eigenvalue weighted by Crippen LogP contribution is 2.18. The van der Waals surface area contributed by atoms with Gasteiger partial charge in [-0.1, -0.05) is 24.6 Å². The molecule has 18 heavy (non-hydrogen) atoms. The molecule has 0 amide bonds. The molecule has 0 heterocycles. The van der Waals surface area contributed by atoms with Gasteiger partial charge in [0, 0.05) is 24.8 Å². The minimum absolute atomic E-state index is 0.305. The Bertz CT molecular complexity index is 346. The summed E-state index contributed by atoms with van der Waals surface area (Å²) in [6.07, 6.45) is 1.01. The van der Waals surface area contributed by atoms with E-state index in [1.807, 2.05) is 31.3 Å². The molecule has 102 valence electrons. The van der Waals surface area contributed by atoms with Crippen LogP contribution in [0.1, 0.15) is 13.3 Å². The Kier molecular flexibility index (Phi) is 7.09. The van der Waals surface area contributed by atoms with E-state index in [9.17, 15) is 0 Å². The number of hydrogen-bond acceptors (Lipinski definition) is 3. The van der Waals surface area contributed by atoms with Crippen molar-refractivity contribution >= 4 is 11.6 Å². The Morgan fingerprint density at radius 2 is 2.17 bits per heavy atom. The minimum atomic E-state index is 0.305. The molecule has 0 saturated carbocycles. The van der Waals surface area contributed by atoms with Crippen LogP contribution in [0.4, 0.5) is 0 Å². The van der Waals surface area contributed by atoms with Gasteiger partial charge in [0.1, 0.15) is 12.4 Å². The first-order valence-electron chi connectivity index (χ1n) is 6.22. The summed E-state index contributed by atoms with van der Waals surface area (Å²) >= 11 is 5.91. The lowest BCUT2D eigenvalue weighted by atomic mass is 9.99. The molecule has 1 aromatic carbocycles. The standard InChI is InChI=1S/C14H22ClNO2/c1-11(7-8-17-3)14(16-2)10-18-13-6-4-5-12(15)9-13/h4-6,9,11,14,16H,7-8,10H2,1-3H3. The Hall–Kier alpha value is -0.770. The Balaban J connectivity index is 2.43. The first-order chi connectivity index (χ1) is 8.67. The SMILES string of the molecule is CNC(COc1cccc(Cl)c1)C(C)CCOC. The summed E-state index contributed by atoms with van der Waals surface area (Å²) in [5.41, 5.74) is 0. The molecule has 3 nitrogen and oxygen atoms in total. The molecule has 0 saturated heterocycles. The van der Waals surface area contributed by atoms with Gasteiger partial charge in [-0.25, -0.2) is 0 Å². The van der Waals surface area contributed by atoms with Gasteiger partial charge in [0.25, 0.3) is 0 Å². The van der Waals surface area contributed by atoms with Crippen LogP contribution in [0.15, 0.2) is 24.3 Å². The predicted octanol–water partition coefficient (Wildman–Crippen LogP) is 2.98. The van der Waals surface area contributed by atoms with Gasteiger partial charge < -0.3 is 14.8 Å². The molecule has 0 aromatic heterocycles. The second-order valence-electron chi connectivity index (χ2n) is 4.42. The summed E-state index contributed by atoms with van der Waals surface area (Å²) in [6.45, 7) is 3.60. The van der Waals surface area contributed by atoms with Crippen molar-refractivity contribution in [1.82, 2.24) is 5.32 Å². The van der Waals surface area contributed by atoms with Gasteiger partial charge in [-0.15, -0.1) is 0 Å². The quantitative estimate of drug-likeness (QED) is 0.789. The molecule has 2 unspecified atom stereocenters. The summed E-state index contributed by atoms with van der Waals surface area (Å²) < 4.78 is 10.9. The number of rotatable bonds is 8. The molecule has 1 aromatic rings. The zero-order valence-corrected chi connectivity index (χ0v) is 12.0. The third-order valence-corrected chi connectivity index (χ3v) is 3.30.